The van der Waals surface area contributed by atoms with Gasteiger partial charge in [-0.25, -0.2) is 4.39 Å². The zero-order valence-corrected chi connectivity index (χ0v) is 10.6. The first-order valence-electron chi connectivity index (χ1n) is 5.84. The first-order valence-corrected chi connectivity index (χ1v) is 6.22. The molecule has 1 unspecified atom stereocenters. The van der Waals surface area contributed by atoms with E-state index in [0.29, 0.717) is 17.6 Å². The van der Waals surface area contributed by atoms with Crippen LogP contribution in [0.15, 0.2) is 18.2 Å². The van der Waals surface area contributed by atoms with E-state index >= 15 is 0 Å². The number of hydrogen-bond acceptors (Lipinski definition) is 1. The predicted molar refractivity (Wildman–Crippen MR) is 67.2 cm³/mol. The molecule has 1 atom stereocenters. The van der Waals surface area contributed by atoms with Crippen molar-refractivity contribution in [3.63, 3.8) is 0 Å². The molecule has 0 aromatic heterocycles. The van der Waals surface area contributed by atoms with E-state index in [1.165, 1.54) is 12.1 Å². The van der Waals surface area contributed by atoms with Gasteiger partial charge in [-0.2, -0.15) is 0 Å². The number of rotatable bonds is 6. The van der Waals surface area contributed by atoms with Gasteiger partial charge in [0, 0.05) is 17.6 Å². The molecule has 0 amide bonds. The van der Waals surface area contributed by atoms with Gasteiger partial charge in [-0.3, -0.25) is 0 Å². The Labute approximate surface area is 102 Å². The first kappa shape index (κ1) is 13.5. The highest BCUT2D eigenvalue weighted by molar-refractivity contribution is 6.31. The van der Waals surface area contributed by atoms with Crippen LogP contribution in [0, 0.1) is 5.82 Å². The first-order chi connectivity index (χ1) is 7.67. The van der Waals surface area contributed by atoms with Crippen LogP contribution in [0.2, 0.25) is 5.02 Å². The highest BCUT2D eigenvalue weighted by atomic mass is 35.5. The molecule has 0 bridgehead atoms. The standard InChI is InChI=1S/C13H19ClFN/c1-3-5-12(4-2)16-9-10-8-11(15)6-7-13(10)14/h6-8,12,16H,3-5,9H2,1-2H3. The molecule has 3 heteroatoms. The summed E-state index contributed by atoms with van der Waals surface area (Å²) in [6.45, 7) is 4.95. The van der Waals surface area contributed by atoms with Crippen molar-refractivity contribution in [1.82, 2.24) is 5.32 Å². The van der Waals surface area contributed by atoms with E-state index in [1.807, 2.05) is 0 Å². The van der Waals surface area contributed by atoms with Crippen molar-refractivity contribution >= 4 is 11.6 Å². The number of halogens is 2. The number of nitrogens with one attached hydrogen (secondary N) is 1. The van der Waals surface area contributed by atoms with E-state index in [0.717, 1.165) is 24.8 Å². The fourth-order valence-electron chi connectivity index (χ4n) is 1.73. The molecule has 0 saturated carbocycles. The largest absolute Gasteiger partial charge is 0.310 e. The van der Waals surface area contributed by atoms with Gasteiger partial charge < -0.3 is 5.32 Å². The smallest absolute Gasteiger partial charge is 0.123 e. The maximum atomic E-state index is 13.0. The van der Waals surface area contributed by atoms with Gasteiger partial charge in [0.05, 0.1) is 0 Å². The fourth-order valence-corrected chi connectivity index (χ4v) is 1.92. The minimum absolute atomic E-state index is 0.232. The average molecular weight is 244 g/mol. The Morgan fingerprint density at radius 1 is 1.38 bits per heavy atom. The van der Waals surface area contributed by atoms with Crippen molar-refractivity contribution in [2.45, 2.75) is 45.7 Å². The van der Waals surface area contributed by atoms with E-state index in [9.17, 15) is 4.39 Å². The Morgan fingerprint density at radius 3 is 2.75 bits per heavy atom. The molecule has 90 valence electrons. The third-order valence-corrected chi connectivity index (χ3v) is 3.09. The maximum Gasteiger partial charge on any atom is 0.123 e. The summed E-state index contributed by atoms with van der Waals surface area (Å²) in [5, 5.41) is 4.03. The molecule has 0 heterocycles. The number of hydrogen-bond donors (Lipinski definition) is 1. The number of benzene rings is 1. The highest BCUT2D eigenvalue weighted by Crippen LogP contribution is 2.17. The zero-order chi connectivity index (χ0) is 12.0. The van der Waals surface area contributed by atoms with Crippen LogP contribution in [0.3, 0.4) is 0 Å². The molecule has 0 aliphatic rings. The Balaban J connectivity index is 2.55. The summed E-state index contributed by atoms with van der Waals surface area (Å²) in [5.74, 6) is -0.232. The summed E-state index contributed by atoms with van der Waals surface area (Å²) in [5.41, 5.74) is 0.830. The lowest BCUT2D eigenvalue weighted by molar-refractivity contribution is 0.462. The normalized spacial score (nSPS) is 12.8. The van der Waals surface area contributed by atoms with E-state index in [1.54, 1.807) is 6.07 Å². The molecule has 1 N–H and O–H groups in total. The molecule has 0 saturated heterocycles. The zero-order valence-electron chi connectivity index (χ0n) is 9.89. The second kappa shape index (κ2) is 6.87. The summed E-state index contributed by atoms with van der Waals surface area (Å²) in [6, 6.07) is 4.97. The summed E-state index contributed by atoms with van der Waals surface area (Å²) in [7, 11) is 0. The van der Waals surface area contributed by atoms with Gasteiger partial charge in [0.1, 0.15) is 5.82 Å². The Bertz CT molecular complexity index is 328. The molecule has 0 aliphatic carbocycles. The van der Waals surface area contributed by atoms with Gasteiger partial charge >= 0.3 is 0 Å². The molecule has 16 heavy (non-hydrogen) atoms. The Morgan fingerprint density at radius 2 is 2.12 bits per heavy atom. The van der Waals surface area contributed by atoms with Crippen LogP contribution in [0.5, 0.6) is 0 Å². The summed E-state index contributed by atoms with van der Waals surface area (Å²) >= 11 is 5.99. The fraction of sp³-hybridized carbons (Fsp3) is 0.538. The van der Waals surface area contributed by atoms with Crippen LogP contribution < -0.4 is 5.32 Å². The lowest BCUT2D eigenvalue weighted by atomic mass is 10.1. The van der Waals surface area contributed by atoms with Gasteiger partial charge in [-0.15, -0.1) is 0 Å². The predicted octanol–water partition coefficient (Wildman–Crippen LogP) is 4.15. The van der Waals surface area contributed by atoms with Crippen LogP contribution >= 0.6 is 11.6 Å². The molecule has 1 aromatic carbocycles. The Kier molecular flexibility index (Phi) is 5.78. The van der Waals surface area contributed by atoms with Crippen molar-refractivity contribution in [3.8, 4) is 0 Å². The van der Waals surface area contributed by atoms with Crippen LogP contribution in [0.25, 0.3) is 0 Å². The van der Waals surface area contributed by atoms with E-state index in [4.69, 9.17) is 11.6 Å². The van der Waals surface area contributed by atoms with Crippen LogP contribution in [0.4, 0.5) is 4.39 Å². The second-order valence-electron chi connectivity index (χ2n) is 4.01. The van der Waals surface area contributed by atoms with Gasteiger partial charge in [-0.1, -0.05) is 31.9 Å². The lowest BCUT2D eigenvalue weighted by Crippen LogP contribution is -2.27. The van der Waals surface area contributed by atoms with Crippen molar-refractivity contribution in [2.75, 3.05) is 0 Å². The molecule has 1 aromatic rings. The minimum Gasteiger partial charge on any atom is -0.310 e. The molecular weight excluding hydrogens is 225 g/mol. The summed E-state index contributed by atoms with van der Waals surface area (Å²) in [6.07, 6.45) is 3.38. The van der Waals surface area contributed by atoms with Gasteiger partial charge in [0.25, 0.3) is 0 Å². The topological polar surface area (TPSA) is 12.0 Å². The Hall–Kier alpha value is -0.600. The van der Waals surface area contributed by atoms with E-state index in [-0.39, 0.29) is 5.82 Å². The van der Waals surface area contributed by atoms with Gasteiger partial charge in [-0.05, 0) is 36.6 Å². The molecule has 0 aliphatic heterocycles. The minimum atomic E-state index is -0.232. The molecule has 0 radical (unpaired) electrons. The van der Waals surface area contributed by atoms with Crippen molar-refractivity contribution < 1.29 is 4.39 Å². The van der Waals surface area contributed by atoms with Crippen molar-refractivity contribution in [2.24, 2.45) is 0 Å². The molecular formula is C13H19ClFN. The summed E-state index contributed by atoms with van der Waals surface area (Å²) in [4.78, 5) is 0. The molecule has 0 fully saturated rings. The quantitative estimate of drug-likeness (QED) is 0.792. The van der Waals surface area contributed by atoms with Gasteiger partial charge in [0.15, 0.2) is 0 Å². The van der Waals surface area contributed by atoms with Gasteiger partial charge in [0.2, 0.25) is 0 Å². The third-order valence-electron chi connectivity index (χ3n) is 2.72. The second-order valence-corrected chi connectivity index (χ2v) is 4.42. The summed E-state index contributed by atoms with van der Waals surface area (Å²) < 4.78 is 13.0. The van der Waals surface area contributed by atoms with Crippen LogP contribution in [-0.2, 0) is 6.54 Å². The van der Waals surface area contributed by atoms with E-state index in [2.05, 4.69) is 19.2 Å². The van der Waals surface area contributed by atoms with Crippen LogP contribution in [0.1, 0.15) is 38.7 Å². The molecule has 1 nitrogen and oxygen atoms in total. The monoisotopic (exact) mass is 243 g/mol. The van der Waals surface area contributed by atoms with Crippen LogP contribution in [-0.4, -0.2) is 6.04 Å². The van der Waals surface area contributed by atoms with E-state index < -0.39 is 0 Å². The SMILES string of the molecule is CCCC(CC)NCc1cc(F)ccc1Cl. The molecule has 0 spiro atoms. The maximum absolute atomic E-state index is 13.0. The third kappa shape index (κ3) is 4.11. The lowest BCUT2D eigenvalue weighted by Gasteiger charge is -2.16. The molecule has 1 rings (SSSR count). The average Bonchev–Trinajstić information content (AvgIpc) is 2.28. The van der Waals surface area contributed by atoms with Crippen molar-refractivity contribution in [1.29, 1.82) is 0 Å². The van der Waals surface area contributed by atoms with Crippen molar-refractivity contribution in [3.05, 3.63) is 34.6 Å². The highest BCUT2D eigenvalue weighted by Gasteiger charge is 2.06.